The standard InChI is InChI=1S/C21H26N2O5/c1-14(2)12-27-17-8-6-5-7-16(17)23-21(25)15-9-10-18(19(11-15)26-4)28-13-20(24)22-3/h5-11,14H,12-13H2,1-4H3,(H,22,24)(H,23,25). The number of para-hydroxylation sites is 2. The number of hydrogen-bond acceptors (Lipinski definition) is 5. The third-order valence-corrected chi connectivity index (χ3v) is 3.77. The molecule has 150 valence electrons. The van der Waals surface area contributed by atoms with Crippen molar-refractivity contribution in [1.29, 1.82) is 0 Å². The van der Waals surface area contributed by atoms with Crippen molar-refractivity contribution in [3.05, 3.63) is 48.0 Å². The molecule has 0 aromatic heterocycles. The van der Waals surface area contributed by atoms with Crippen LogP contribution in [0.15, 0.2) is 42.5 Å². The summed E-state index contributed by atoms with van der Waals surface area (Å²) in [7, 11) is 3.00. The number of likely N-dealkylation sites (N-methyl/N-ethyl adjacent to an activating group) is 1. The lowest BCUT2D eigenvalue weighted by Crippen LogP contribution is -2.25. The number of amides is 2. The topological polar surface area (TPSA) is 85.9 Å². The van der Waals surface area contributed by atoms with Crippen LogP contribution in [0.2, 0.25) is 0 Å². The number of rotatable bonds is 9. The summed E-state index contributed by atoms with van der Waals surface area (Å²) in [5.74, 6) is 1.15. The molecule has 0 bridgehead atoms. The number of benzene rings is 2. The van der Waals surface area contributed by atoms with Crippen LogP contribution in [0, 0.1) is 5.92 Å². The highest BCUT2D eigenvalue weighted by Crippen LogP contribution is 2.29. The molecule has 0 saturated carbocycles. The minimum Gasteiger partial charge on any atom is -0.493 e. The Labute approximate surface area is 165 Å². The Kier molecular flexibility index (Phi) is 7.68. The van der Waals surface area contributed by atoms with Gasteiger partial charge in [-0.3, -0.25) is 9.59 Å². The van der Waals surface area contributed by atoms with E-state index in [1.807, 2.05) is 18.2 Å². The molecule has 0 fully saturated rings. The van der Waals surface area contributed by atoms with E-state index in [9.17, 15) is 9.59 Å². The minimum atomic E-state index is -0.309. The van der Waals surface area contributed by atoms with Gasteiger partial charge >= 0.3 is 0 Å². The van der Waals surface area contributed by atoms with E-state index in [0.717, 1.165) is 0 Å². The minimum absolute atomic E-state index is 0.140. The second-order valence-electron chi connectivity index (χ2n) is 6.48. The average Bonchev–Trinajstić information content (AvgIpc) is 2.70. The Hall–Kier alpha value is -3.22. The van der Waals surface area contributed by atoms with Crippen LogP contribution in [-0.2, 0) is 4.79 Å². The zero-order valence-electron chi connectivity index (χ0n) is 16.6. The van der Waals surface area contributed by atoms with E-state index in [-0.39, 0.29) is 18.4 Å². The number of carbonyl (C=O) groups excluding carboxylic acids is 2. The SMILES string of the molecule is CNC(=O)COc1ccc(C(=O)Nc2ccccc2OCC(C)C)cc1OC. The summed E-state index contributed by atoms with van der Waals surface area (Å²) >= 11 is 0. The average molecular weight is 386 g/mol. The summed E-state index contributed by atoms with van der Waals surface area (Å²) in [6.45, 7) is 4.53. The van der Waals surface area contributed by atoms with Crippen molar-refractivity contribution < 1.29 is 23.8 Å². The van der Waals surface area contributed by atoms with Crippen LogP contribution >= 0.6 is 0 Å². The molecule has 2 aromatic carbocycles. The summed E-state index contributed by atoms with van der Waals surface area (Å²) in [6, 6.07) is 12.0. The van der Waals surface area contributed by atoms with Crippen molar-refractivity contribution in [3.8, 4) is 17.2 Å². The number of anilines is 1. The zero-order valence-corrected chi connectivity index (χ0v) is 16.6. The van der Waals surface area contributed by atoms with Gasteiger partial charge < -0.3 is 24.8 Å². The fourth-order valence-electron chi connectivity index (χ4n) is 2.29. The van der Waals surface area contributed by atoms with Crippen LogP contribution in [0.3, 0.4) is 0 Å². The van der Waals surface area contributed by atoms with Gasteiger partial charge in [-0.25, -0.2) is 0 Å². The predicted octanol–water partition coefficient (Wildman–Crippen LogP) is 3.11. The van der Waals surface area contributed by atoms with Crippen LogP contribution in [0.1, 0.15) is 24.2 Å². The Morgan fingerprint density at radius 3 is 2.43 bits per heavy atom. The highest BCUT2D eigenvalue weighted by Gasteiger charge is 2.14. The van der Waals surface area contributed by atoms with Gasteiger partial charge in [-0.15, -0.1) is 0 Å². The molecule has 7 heteroatoms. The molecule has 0 saturated heterocycles. The molecule has 2 rings (SSSR count). The van der Waals surface area contributed by atoms with E-state index >= 15 is 0 Å². The molecule has 0 aliphatic heterocycles. The molecule has 2 N–H and O–H groups in total. The Balaban J connectivity index is 2.13. The number of nitrogens with one attached hydrogen (secondary N) is 2. The van der Waals surface area contributed by atoms with Crippen LogP contribution in [0.4, 0.5) is 5.69 Å². The van der Waals surface area contributed by atoms with Crippen LogP contribution in [-0.4, -0.2) is 39.2 Å². The van der Waals surface area contributed by atoms with Crippen LogP contribution < -0.4 is 24.8 Å². The number of methoxy groups -OCH3 is 1. The maximum absolute atomic E-state index is 12.7. The summed E-state index contributed by atoms with van der Waals surface area (Å²) < 4.78 is 16.5. The second-order valence-corrected chi connectivity index (χ2v) is 6.48. The molecule has 28 heavy (non-hydrogen) atoms. The Bertz CT molecular complexity index is 820. The first-order chi connectivity index (χ1) is 13.4. The third-order valence-electron chi connectivity index (χ3n) is 3.77. The molecule has 0 heterocycles. The van der Waals surface area contributed by atoms with E-state index in [4.69, 9.17) is 14.2 Å². The van der Waals surface area contributed by atoms with E-state index in [1.54, 1.807) is 24.3 Å². The van der Waals surface area contributed by atoms with E-state index in [1.165, 1.54) is 14.2 Å². The van der Waals surface area contributed by atoms with Gasteiger partial charge in [-0.05, 0) is 36.2 Å². The molecule has 0 unspecified atom stereocenters. The summed E-state index contributed by atoms with van der Waals surface area (Å²) in [5, 5.41) is 5.33. The molecule has 0 aliphatic rings. The van der Waals surface area contributed by atoms with E-state index in [2.05, 4.69) is 24.5 Å². The van der Waals surface area contributed by atoms with Gasteiger partial charge in [0.2, 0.25) is 0 Å². The monoisotopic (exact) mass is 386 g/mol. The predicted molar refractivity (Wildman–Crippen MR) is 107 cm³/mol. The molecular formula is C21H26N2O5. The molecule has 2 amide bonds. The summed E-state index contributed by atoms with van der Waals surface area (Å²) in [4.78, 5) is 24.0. The molecule has 0 radical (unpaired) electrons. The number of carbonyl (C=O) groups is 2. The van der Waals surface area contributed by atoms with Gasteiger partial charge in [0, 0.05) is 12.6 Å². The lowest BCUT2D eigenvalue weighted by Gasteiger charge is -2.15. The lowest BCUT2D eigenvalue weighted by atomic mass is 10.1. The van der Waals surface area contributed by atoms with E-state index < -0.39 is 0 Å². The lowest BCUT2D eigenvalue weighted by molar-refractivity contribution is -0.122. The Morgan fingerprint density at radius 1 is 1.00 bits per heavy atom. The van der Waals surface area contributed by atoms with Crippen molar-refractivity contribution in [1.82, 2.24) is 5.32 Å². The first kappa shape index (κ1) is 21.1. The van der Waals surface area contributed by atoms with Crippen molar-refractivity contribution in [3.63, 3.8) is 0 Å². The fourth-order valence-corrected chi connectivity index (χ4v) is 2.29. The quantitative estimate of drug-likeness (QED) is 0.692. The maximum Gasteiger partial charge on any atom is 0.257 e. The third kappa shape index (κ3) is 5.90. The first-order valence-electron chi connectivity index (χ1n) is 8.99. The highest BCUT2D eigenvalue weighted by atomic mass is 16.5. The molecule has 2 aromatic rings. The first-order valence-corrected chi connectivity index (χ1v) is 8.99. The van der Waals surface area contributed by atoms with Gasteiger partial charge in [0.1, 0.15) is 5.75 Å². The molecule has 0 spiro atoms. The number of hydrogen-bond donors (Lipinski definition) is 2. The van der Waals surface area contributed by atoms with E-state index in [0.29, 0.717) is 41.0 Å². The molecule has 0 atom stereocenters. The van der Waals surface area contributed by atoms with Gasteiger partial charge in [-0.2, -0.15) is 0 Å². The zero-order chi connectivity index (χ0) is 20.5. The molecule has 7 nitrogen and oxygen atoms in total. The van der Waals surface area contributed by atoms with Crippen molar-refractivity contribution in [2.24, 2.45) is 5.92 Å². The normalized spacial score (nSPS) is 10.3. The Morgan fingerprint density at radius 2 is 1.75 bits per heavy atom. The smallest absolute Gasteiger partial charge is 0.257 e. The van der Waals surface area contributed by atoms with Crippen molar-refractivity contribution in [2.75, 3.05) is 32.7 Å². The largest absolute Gasteiger partial charge is 0.493 e. The van der Waals surface area contributed by atoms with Crippen molar-refractivity contribution in [2.45, 2.75) is 13.8 Å². The highest BCUT2D eigenvalue weighted by molar-refractivity contribution is 6.05. The van der Waals surface area contributed by atoms with Gasteiger partial charge in [-0.1, -0.05) is 26.0 Å². The van der Waals surface area contributed by atoms with Gasteiger partial charge in [0.05, 0.1) is 19.4 Å². The summed E-state index contributed by atoms with van der Waals surface area (Å²) in [5.41, 5.74) is 0.981. The number of ether oxygens (including phenoxy) is 3. The maximum atomic E-state index is 12.7. The second kappa shape index (κ2) is 10.2. The molecule has 0 aliphatic carbocycles. The van der Waals surface area contributed by atoms with Crippen molar-refractivity contribution >= 4 is 17.5 Å². The van der Waals surface area contributed by atoms with Gasteiger partial charge in [0.15, 0.2) is 18.1 Å². The molecular weight excluding hydrogens is 360 g/mol. The fraction of sp³-hybridized carbons (Fsp3) is 0.333. The van der Waals surface area contributed by atoms with Crippen LogP contribution in [0.25, 0.3) is 0 Å². The van der Waals surface area contributed by atoms with Crippen LogP contribution in [0.5, 0.6) is 17.2 Å². The summed E-state index contributed by atoms with van der Waals surface area (Å²) in [6.07, 6.45) is 0. The van der Waals surface area contributed by atoms with Gasteiger partial charge in [0.25, 0.3) is 11.8 Å².